The first kappa shape index (κ1) is 17.4. The number of carbonyl (C=O) groups is 1. The Bertz CT molecular complexity index is 599. The van der Waals surface area contributed by atoms with Crippen molar-refractivity contribution in [1.29, 1.82) is 0 Å². The second-order valence-corrected chi connectivity index (χ2v) is 6.07. The van der Waals surface area contributed by atoms with Gasteiger partial charge in [-0.2, -0.15) is 13.2 Å². The number of aromatic carboxylic acids is 1. The van der Waals surface area contributed by atoms with Crippen molar-refractivity contribution in [2.24, 2.45) is 0 Å². The Morgan fingerprint density at radius 3 is 2.48 bits per heavy atom. The van der Waals surface area contributed by atoms with Crippen LogP contribution in [0.4, 0.5) is 13.2 Å². The van der Waals surface area contributed by atoms with Gasteiger partial charge in [-0.25, -0.2) is 17.9 Å². The fourth-order valence-electron chi connectivity index (χ4n) is 1.54. The van der Waals surface area contributed by atoms with E-state index in [4.69, 9.17) is 5.11 Å². The van der Waals surface area contributed by atoms with Crippen LogP contribution in [-0.4, -0.2) is 32.2 Å². The van der Waals surface area contributed by atoms with Crippen LogP contribution in [0.3, 0.4) is 0 Å². The van der Waals surface area contributed by atoms with Gasteiger partial charge in [-0.3, -0.25) is 0 Å². The molecule has 0 amide bonds. The van der Waals surface area contributed by atoms with Crippen LogP contribution in [-0.2, 0) is 10.0 Å². The summed E-state index contributed by atoms with van der Waals surface area (Å²) in [5.74, 6) is -1.27. The molecule has 1 rings (SSSR count). The summed E-state index contributed by atoms with van der Waals surface area (Å²) in [6.07, 6.45) is -5.36. The zero-order chi connectivity index (χ0) is 16.1. The van der Waals surface area contributed by atoms with Crippen molar-refractivity contribution in [2.45, 2.75) is 30.3 Å². The zero-order valence-corrected chi connectivity index (χ0v) is 11.7. The maximum atomic E-state index is 11.9. The largest absolute Gasteiger partial charge is 0.478 e. The highest BCUT2D eigenvalue weighted by Gasteiger charge is 2.26. The van der Waals surface area contributed by atoms with Gasteiger partial charge in [0.05, 0.1) is 10.5 Å². The molecule has 0 aliphatic heterocycles. The third kappa shape index (κ3) is 6.13. The van der Waals surface area contributed by atoms with E-state index in [1.165, 1.54) is 18.2 Å². The van der Waals surface area contributed by atoms with E-state index in [1.807, 2.05) is 0 Å². The monoisotopic (exact) mass is 325 g/mol. The Morgan fingerprint density at radius 1 is 1.24 bits per heavy atom. The molecule has 118 valence electrons. The fraction of sp³-hybridized carbons (Fsp3) is 0.417. The highest BCUT2D eigenvalue weighted by atomic mass is 32.2. The second kappa shape index (κ2) is 6.90. The quantitative estimate of drug-likeness (QED) is 0.754. The van der Waals surface area contributed by atoms with Gasteiger partial charge >= 0.3 is 12.1 Å². The number of unbranched alkanes of at least 4 members (excludes halogenated alkanes) is 1. The Kier molecular flexibility index (Phi) is 5.73. The van der Waals surface area contributed by atoms with E-state index in [2.05, 4.69) is 4.72 Å². The molecule has 9 heteroatoms. The third-order valence-electron chi connectivity index (χ3n) is 2.57. The molecule has 0 saturated heterocycles. The predicted octanol–water partition coefficient (Wildman–Crippen LogP) is 2.40. The SMILES string of the molecule is O=C(O)c1cccc(S(=O)(=O)NCCCCC(F)(F)F)c1. The Hall–Kier alpha value is -1.61. The summed E-state index contributed by atoms with van der Waals surface area (Å²) in [6.45, 7) is -0.143. The molecule has 0 saturated carbocycles. The van der Waals surface area contributed by atoms with Crippen LogP contribution >= 0.6 is 0 Å². The fourth-order valence-corrected chi connectivity index (χ4v) is 2.66. The van der Waals surface area contributed by atoms with Crippen molar-refractivity contribution < 1.29 is 31.5 Å². The van der Waals surface area contributed by atoms with Gasteiger partial charge in [0.25, 0.3) is 0 Å². The molecule has 1 aromatic rings. The van der Waals surface area contributed by atoms with Crippen molar-refractivity contribution in [2.75, 3.05) is 6.54 Å². The number of benzene rings is 1. The third-order valence-corrected chi connectivity index (χ3v) is 4.03. The molecule has 0 radical (unpaired) electrons. The normalized spacial score (nSPS) is 12.3. The first-order valence-corrected chi connectivity index (χ1v) is 7.50. The van der Waals surface area contributed by atoms with Gasteiger partial charge in [0.1, 0.15) is 0 Å². The highest BCUT2D eigenvalue weighted by Crippen LogP contribution is 2.22. The van der Waals surface area contributed by atoms with Crippen molar-refractivity contribution in [3.8, 4) is 0 Å². The number of hydrogen-bond acceptors (Lipinski definition) is 3. The van der Waals surface area contributed by atoms with E-state index in [0.717, 1.165) is 6.07 Å². The maximum absolute atomic E-state index is 11.9. The van der Waals surface area contributed by atoms with Gasteiger partial charge in [0.15, 0.2) is 0 Å². The average Bonchev–Trinajstić information content (AvgIpc) is 2.37. The van der Waals surface area contributed by atoms with Crippen molar-refractivity contribution in [3.63, 3.8) is 0 Å². The lowest BCUT2D eigenvalue weighted by molar-refractivity contribution is -0.135. The van der Waals surface area contributed by atoms with Gasteiger partial charge in [0.2, 0.25) is 10.0 Å². The average molecular weight is 325 g/mol. The number of sulfonamides is 1. The first-order chi connectivity index (χ1) is 9.62. The number of hydrogen-bond donors (Lipinski definition) is 2. The van der Waals surface area contributed by atoms with E-state index in [-0.39, 0.29) is 29.8 Å². The molecule has 5 nitrogen and oxygen atoms in total. The topological polar surface area (TPSA) is 83.5 Å². The molecule has 2 N–H and O–H groups in total. The van der Waals surface area contributed by atoms with Crippen LogP contribution in [0, 0.1) is 0 Å². The van der Waals surface area contributed by atoms with E-state index < -0.39 is 28.6 Å². The molecule has 1 aromatic carbocycles. The number of carboxylic acid groups (broad SMARTS) is 1. The molecule has 0 aromatic heterocycles. The van der Waals surface area contributed by atoms with Gasteiger partial charge in [-0.15, -0.1) is 0 Å². The maximum Gasteiger partial charge on any atom is 0.389 e. The molecule has 0 spiro atoms. The Balaban J connectivity index is 2.58. The van der Waals surface area contributed by atoms with E-state index in [0.29, 0.717) is 0 Å². The Morgan fingerprint density at radius 2 is 1.90 bits per heavy atom. The van der Waals surface area contributed by atoms with Crippen LogP contribution in [0.15, 0.2) is 29.2 Å². The van der Waals surface area contributed by atoms with E-state index in [1.54, 1.807) is 0 Å². The van der Waals surface area contributed by atoms with Crippen molar-refractivity contribution in [1.82, 2.24) is 4.72 Å². The lowest BCUT2D eigenvalue weighted by atomic mass is 10.2. The summed E-state index contributed by atoms with van der Waals surface area (Å²) in [7, 11) is -3.93. The number of rotatable bonds is 7. The highest BCUT2D eigenvalue weighted by molar-refractivity contribution is 7.89. The van der Waals surface area contributed by atoms with Gasteiger partial charge in [-0.05, 0) is 31.0 Å². The minimum atomic E-state index is -4.26. The molecule has 0 atom stereocenters. The standard InChI is InChI=1S/C12H14F3NO4S/c13-12(14,15)6-1-2-7-16-21(19,20)10-5-3-4-9(8-10)11(17)18/h3-5,8,16H,1-2,6-7H2,(H,17,18). The second-order valence-electron chi connectivity index (χ2n) is 4.30. The number of carboxylic acids is 1. The minimum Gasteiger partial charge on any atom is -0.478 e. The number of alkyl halides is 3. The van der Waals surface area contributed by atoms with Crippen LogP contribution in [0.5, 0.6) is 0 Å². The molecule has 0 bridgehead atoms. The van der Waals surface area contributed by atoms with E-state index >= 15 is 0 Å². The summed E-state index contributed by atoms with van der Waals surface area (Å²) >= 11 is 0. The van der Waals surface area contributed by atoms with Crippen LogP contribution < -0.4 is 4.72 Å². The summed E-state index contributed by atoms with van der Waals surface area (Å²) in [6, 6.07) is 4.72. The Labute approximate surface area is 119 Å². The number of halogens is 3. The van der Waals surface area contributed by atoms with Crippen LogP contribution in [0.1, 0.15) is 29.6 Å². The van der Waals surface area contributed by atoms with Gasteiger partial charge < -0.3 is 5.11 Å². The predicted molar refractivity (Wildman–Crippen MR) is 68.5 cm³/mol. The van der Waals surface area contributed by atoms with Gasteiger partial charge in [0, 0.05) is 13.0 Å². The number of nitrogens with one attached hydrogen (secondary N) is 1. The smallest absolute Gasteiger partial charge is 0.389 e. The molecule has 0 aliphatic carbocycles. The van der Waals surface area contributed by atoms with Crippen LogP contribution in [0.2, 0.25) is 0 Å². The molecule has 0 aliphatic rings. The first-order valence-electron chi connectivity index (χ1n) is 6.01. The van der Waals surface area contributed by atoms with E-state index in [9.17, 15) is 26.4 Å². The molecule has 21 heavy (non-hydrogen) atoms. The summed E-state index contributed by atoms with van der Waals surface area (Å²) < 4.78 is 61.5. The minimum absolute atomic E-state index is 0.0390. The van der Waals surface area contributed by atoms with Crippen molar-refractivity contribution in [3.05, 3.63) is 29.8 Å². The summed E-state index contributed by atoms with van der Waals surface area (Å²) in [4.78, 5) is 10.5. The van der Waals surface area contributed by atoms with Gasteiger partial charge in [-0.1, -0.05) is 6.07 Å². The summed E-state index contributed by atoms with van der Waals surface area (Å²) in [5.41, 5.74) is -0.185. The molecule has 0 fully saturated rings. The summed E-state index contributed by atoms with van der Waals surface area (Å²) in [5, 5.41) is 8.78. The molecule has 0 unspecified atom stereocenters. The van der Waals surface area contributed by atoms with Crippen LogP contribution in [0.25, 0.3) is 0 Å². The molecular weight excluding hydrogens is 311 g/mol. The molecule has 0 heterocycles. The lowest BCUT2D eigenvalue weighted by Gasteiger charge is -2.08. The van der Waals surface area contributed by atoms with Crippen molar-refractivity contribution >= 4 is 16.0 Å². The molecular formula is C12H14F3NO4S. The zero-order valence-electron chi connectivity index (χ0n) is 10.9. The lowest BCUT2D eigenvalue weighted by Crippen LogP contribution is -2.25.